The number of amides is 1. The second-order valence-electron chi connectivity index (χ2n) is 6.06. The lowest BCUT2D eigenvalue weighted by Gasteiger charge is -2.10. The summed E-state index contributed by atoms with van der Waals surface area (Å²) in [6.45, 7) is 1.80. The van der Waals surface area contributed by atoms with E-state index in [1.807, 2.05) is 6.07 Å². The third-order valence-electron chi connectivity index (χ3n) is 4.00. The molecule has 0 aliphatic carbocycles. The van der Waals surface area contributed by atoms with E-state index in [1.54, 1.807) is 43.3 Å². The van der Waals surface area contributed by atoms with Gasteiger partial charge in [0.25, 0.3) is 5.91 Å². The topological polar surface area (TPSA) is 95.7 Å². The quantitative estimate of drug-likeness (QED) is 0.676. The second kappa shape index (κ2) is 7.77. The number of aromatic nitrogens is 2. The monoisotopic (exact) mass is 401 g/mol. The molecule has 0 saturated heterocycles. The van der Waals surface area contributed by atoms with E-state index in [1.165, 1.54) is 0 Å². The molecule has 1 atom stereocenters. The van der Waals surface area contributed by atoms with E-state index in [2.05, 4.69) is 15.5 Å². The van der Waals surface area contributed by atoms with E-state index in [0.29, 0.717) is 28.1 Å². The molecule has 28 heavy (non-hydrogen) atoms. The van der Waals surface area contributed by atoms with Crippen molar-refractivity contribution >= 4 is 17.5 Å². The van der Waals surface area contributed by atoms with Gasteiger partial charge in [-0.3, -0.25) is 4.79 Å². The number of ether oxygens (including phenoxy) is 3. The second-order valence-corrected chi connectivity index (χ2v) is 6.49. The van der Waals surface area contributed by atoms with Crippen LogP contribution in [0.2, 0.25) is 5.02 Å². The zero-order chi connectivity index (χ0) is 19.5. The highest BCUT2D eigenvalue weighted by molar-refractivity contribution is 6.30. The number of hydrogen-bond donors (Lipinski definition) is 1. The summed E-state index contributed by atoms with van der Waals surface area (Å²) in [5.74, 6) is 2.22. The Labute approximate surface area is 165 Å². The Hall–Kier alpha value is -3.26. The van der Waals surface area contributed by atoms with Gasteiger partial charge in [-0.25, -0.2) is 0 Å². The third-order valence-corrected chi connectivity index (χ3v) is 4.26. The van der Waals surface area contributed by atoms with Crippen molar-refractivity contribution in [2.45, 2.75) is 13.0 Å². The van der Waals surface area contributed by atoms with Crippen LogP contribution in [-0.2, 0) is 4.79 Å². The molecule has 1 aliphatic rings. The Bertz CT molecular complexity index is 989. The summed E-state index contributed by atoms with van der Waals surface area (Å²) in [6, 6.07) is 11.7. The smallest absolute Gasteiger partial charge is 0.258 e. The molecule has 0 radical (unpaired) electrons. The van der Waals surface area contributed by atoms with E-state index < -0.39 is 6.04 Å². The molecule has 8 nitrogen and oxygen atoms in total. The summed E-state index contributed by atoms with van der Waals surface area (Å²) in [6.07, 6.45) is 0. The lowest BCUT2D eigenvalue weighted by molar-refractivity contribution is -0.123. The minimum Gasteiger partial charge on any atom is -0.484 e. The van der Waals surface area contributed by atoms with Gasteiger partial charge in [0.1, 0.15) is 11.8 Å². The SMILES string of the molecule is CC(NC(=O)COc1ccc(Cl)cc1)c1nc(-c2ccc3c(c2)OCO3)no1. The summed E-state index contributed by atoms with van der Waals surface area (Å²) in [5, 5.41) is 7.32. The van der Waals surface area contributed by atoms with Gasteiger partial charge in [-0.05, 0) is 49.4 Å². The van der Waals surface area contributed by atoms with Crippen molar-refractivity contribution < 1.29 is 23.5 Å². The highest BCUT2D eigenvalue weighted by Gasteiger charge is 2.20. The molecule has 1 aliphatic heterocycles. The number of nitrogens with one attached hydrogen (secondary N) is 1. The number of halogens is 1. The maximum absolute atomic E-state index is 12.1. The number of benzene rings is 2. The van der Waals surface area contributed by atoms with Gasteiger partial charge in [0, 0.05) is 10.6 Å². The molecule has 144 valence electrons. The maximum atomic E-state index is 12.1. The molecule has 0 bridgehead atoms. The van der Waals surface area contributed by atoms with Crippen LogP contribution in [0, 0.1) is 0 Å². The zero-order valence-electron chi connectivity index (χ0n) is 14.8. The van der Waals surface area contributed by atoms with E-state index in [-0.39, 0.29) is 25.2 Å². The van der Waals surface area contributed by atoms with Gasteiger partial charge < -0.3 is 24.1 Å². The molecular weight excluding hydrogens is 386 g/mol. The molecule has 3 aromatic rings. The Morgan fingerprint density at radius 1 is 1.21 bits per heavy atom. The first kappa shape index (κ1) is 18.1. The van der Waals surface area contributed by atoms with Gasteiger partial charge in [-0.15, -0.1) is 0 Å². The fourth-order valence-electron chi connectivity index (χ4n) is 2.59. The minimum atomic E-state index is -0.475. The number of carbonyl (C=O) groups is 1. The van der Waals surface area contributed by atoms with Gasteiger partial charge in [0.05, 0.1) is 0 Å². The highest BCUT2D eigenvalue weighted by atomic mass is 35.5. The maximum Gasteiger partial charge on any atom is 0.258 e. The van der Waals surface area contributed by atoms with Crippen molar-refractivity contribution in [3.63, 3.8) is 0 Å². The molecule has 1 N–H and O–H groups in total. The van der Waals surface area contributed by atoms with Crippen LogP contribution in [0.1, 0.15) is 18.9 Å². The van der Waals surface area contributed by atoms with Crippen molar-refractivity contribution in [2.24, 2.45) is 0 Å². The summed E-state index contributed by atoms with van der Waals surface area (Å²) < 4.78 is 21.3. The zero-order valence-corrected chi connectivity index (χ0v) is 15.6. The lowest BCUT2D eigenvalue weighted by Crippen LogP contribution is -2.31. The molecule has 1 amide bonds. The van der Waals surface area contributed by atoms with Gasteiger partial charge in [0.15, 0.2) is 18.1 Å². The number of fused-ring (bicyclic) bond motifs is 1. The summed E-state index contributed by atoms with van der Waals surface area (Å²) in [7, 11) is 0. The predicted molar refractivity (Wildman–Crippen MR) is 99.4 cm³/mol. The largest absolute Gasteiger partial charge is 0.484 e. The Morgan fingerprint density at radius 3 is 2.82 bits per heavy atom. The Balaban J connectivity index is 1.35. The van der Waals surface area contributed by atoms with Crippen LogP contribution in [0.5, 0.6) is 17.2 Å². The first-order valence-corrected chi connectivity index (χ1v) is 8.87. The highest BCUT2D eigenvalue weighted by Crippen LogP contribution is 2.35. The van der Waals surface area contributed by atoms with Crippen LogP contribution >= 0.6 is 11.6 Å². The van der Waals surface area contributed by atoms with E-state index in [0.717, 1.165) is 5.56 Å². The van der Waals surface area contributed by atoms with E-state index in [4.69, 9.17) is 30.3 Å². The van der Waals surface area contributed by atoms with Crippen molar-refractivity contribution in [3.8, 4) is 28.6 Å². The predicted octanol–water partition coefficient (Wildman–Crippen LogP) is 3.37. The number of nitrogens with zero attached hydrogens (tertiary/aromatic N) is 2. The van der Waals surface area contributed by atoms with Crippen LogP contribution < -0.4 is 19.5 Å². The summed E-state index contributed by atoms with van der Waals surface area (Å²) in [5.41, 5.74) is 0.726. The Morgan fingerprint density at radius 2 is 2.00 bits per heavy atom. The van der Waals surface area contributed by atoms with E-state index >= 15 is 0 Å². The molecule has 0 fully saturated rings. The van der Waals surface area contributed by atoms with Crippen LogP contribution in [0.3, 0.4) is 0 Å². The molecular formula is C19H16ClN3O5. The Kier molecular flexibility index (Phi) is 5.03. The standard InChI is InChI=1S/C19H16ClN3O5/c1-11(21-17(24)9-25-14-5-3-13(20)4-6-14)19-22-18(23-28-19)12-2-7-15-16(8-12)27-10-26-15/h2-8,11H,9-10H2,1H3,(H,21,24). The first-order chi connectivity index (χ1) is 13.6. The molecule has 1 unspecified atom stereocenters. The van der Waals surface area contributed by atoms with Gasteiger partial charge >= 0.3 is 0 Å². The average Bonchev–Trinajstić information content (AvgIpc) is 3.36. The third kappa shape index (κ3) is 4.01. The molecule has 2 aromatic carbocycles. The molecule has 4 rings (SSSR count). The van der Waals surface area contributed by atoms with Crippen molar-refractivity contribution in [1.82, 2.24) is 15.5 Å². The summed E-state index contributed by atoms with van der Waals surface area (Å²) in [4.78, 5) is 16.4. The number of rotatable bonds is 6. The van der Waals surface area contributed by atoms with Gasteiger partial charge in [-0.1, -0.05) is 16.8 Å². The van der Waals surface area contributed by atoms with Crippen molar-refractivity contribution in [2.75, 3.05) is 13.4 Å². The van der Waals surface area contributed by atoms with Crippen LogP contribution in [0.15, 0.2) is 47.0 Å². The van der Waals surface area contributed by atoms with Crippen LogP contribution in [0.25, 0.3) is 11.4 Å². The van der Waals surface area contributed by atoms with Crippen LogP contribution in [-0.4, -0.2) is 29.4 Å². The summed E-state index contributed by atoms with van der Waals surface area (Å²) >= 11 is 5.81. The fraction of sp³-hybridized carbons (Fsp3) is 0.211. The molecule has 9 heteroatoms. The molecule has 1 aromatic heterocycles. The molecule has 2 heterocycles. The molecule has 0 spiro atoms. The van der Waals surface area contributed by atoms with E-state index in [9.17, 15) is 4.79 Å². The number of carbonyl (C=O) groups excluding carboxylic acids is 1. The molecule has 0 saturated carbocycles. The van der Waals surface area contributed by atoms with Crippen molar-refractivity contribution in [1.29, 1.82) is 0 Å². The van der Waals surface area contributed by atoms with Gasteiger partial charge in [0.2, 0.25) is 18.5 Å². The first-order valence-electron chi connectivity index (χ1n) is 8.50. The average molecular weight is 402 g/mol. The number of hydrogen-bond acceptors (Lipinski definition) is 7. The normalized spacial score (nSPS) is 13.2. The van der Waals surface area contributed by atoms with Gasteiger partial charge in [-0.2, -0.15) is 4.98 Å². The van der Waals surface area contributed by atoms with Crippen molar-refractivity contribution in [3.05, 3.63) is 53.4 Å². The lowest BCUT2D eigenvalue weighted by atomic mass is 10.2. The minimum absolute atomic E-state index is 0.144. The fourth-order valence-corrected chi connectivity index (χ4v) is 2.71. The van der Waals surface area contributed by atoms with Crippen LogP contribution in [0.4, 0.5) is 0 Å².